The molecule has 0 aromatic rings. The molecule has 0 aliphatic heterocycles. The summed E-state index contributed by atoms with van der Waals surface area (Å²) in [6, 6.07) is -1.17. The molecule has 1 aliphatic rings. The van der Waals surface area contributed by atoms with Gasteiger partial charge in [-0.25, -0.2) is 0 Å². The van der Waals surface area contributed by atoms with Gasteiger partial charge in [0.05, 0.1) is 5.92 Å². The van der Waals surface area contributed by atoms with Crippen LogP contribution in [0.15, 0.2) is 16.9 Å². The number of carboxylic acids is 1. The number of nitrogens with two attached hydrogens (primary N) is 1. The fourth-order valence-electron chi connectivity index (χ4n) is 1.74. The van der Waals surface area contributed by atoms with Gasteiger partial charge in [0, 0.05) is 6.04 Å². The molecule has 108 valence electrons. The summed E-state index contributed by atoms with van der Waals surface area (Å²) < 4.78 is 73.6. The highest BCUT2D eigenvalue weighted by Gasteiger charge is 2.51. The van der Waals surface area contributed by atoms with Crippen molar-refractivity contribution in [3.8, 4) is 0 Å². The van der Waals surface area contributed by atoms with Gasteiger partial charge in [-0.1, -0.05) is 0 Å². The Kier molecular flexibility index (Phi) is 4.02. The lowest BCUT2D eigenvalue weighted by Gasteiger charge is -2.13. The van der Waals surface area contributed by atoms with Crippen LogP contribution in [-0.2, 0) is 4.79 Å². The Balaban J connectivity index is 3.28. The van der Waals surface area contributed by atoms with E-state index in [0.29, 0.717) is 0 Å². The summed E-state index contributed by atoms with van der Waals surface area (Å²) in [5, 5.41) is 8.65. The number of alkyl halides is 6. The molecule has 2 unspecified atom stereocenters. The Morgan fingerprint density at radius 1 is 1.21 bits per heavy atom. The number of hydrogen-bond donors (Lipinski definition) is 2. The molecule has 0 aromatic heterocycles. The maximum Gasteiger partial charge on any atom is 0.428 e. The van der Waals surface area contributed by atoms with Crippen molar-refractivity contribution < 1.29 is 36.2 Å². The minimum atomic E-state index is -5.62. The van der Waals surface area contributed by atoms with Crippen molar-refractivity contribution in [2.45, 2.75) is 31.2 Å². The molecule has 0 amide bonds. The van der Waals surface area contributed by atoms with Gasteiger partial charge in [0.2, 0.25) is 0 Å². The fraction of sp³-hybridized carbons (Fsp3) is 0.600. The Labute approximate surface area is 103 Å². The summed E-state index contributed by atoms with van der Waals surface area (Å²) in [5.41, 5.74) is 3.29. The molecule has 9 heteroatoms. The van der Waals surface area contributed by atoms with E-state index in [1.807, 2.05) is 0 Å². The predicted octanol–water partition coefficient (Wildman–Crippen LogP) is 2.38. The summed E-state index contributed by atoms with van der Waals surface area (Å²) in [6.07, 6.45) is -11.9. The lowest BCUT2D eigenvalue weighted by molar-refractivity contribution is -0.171. The highest BCUT2D eigenvalue weighted by molar-refractivity contribution is 5.71. The van der Waals surface area contributed by atoms with Crippen molar-refractivity contribution in [2.75, 3.05) is 0 Å². The zero-order chi connectivity index (χ0) is 15.0. The molecule has 19 heavy (non-hydrogen) atoms. The van der Waals surface area contributed by atoms with Gasteiger partial charge in [-0.15, -0.1) is 5.73 Å². The maximum absolute atomic E-state index is 12.3. The van der Waals surface area contributed by atoms with Crippen molar-refractivity contribution >= 4 is 5.97 Å². The van der Waals surface area contributed by atoms with Gasteiger partial charge in [0.1, 0.15) is 0 Å². The third-order valence-corrected chi connectivity index (χ3v) is 2.65. The number of halogens is 6. The van der Waals surface area contributed by atoms with Gasteiger partial charge in [0.25, 0.3) is 0 Å². The van der Waals surface area contributed by atoms with E-state index in [-0.39, 0.29) is 6.42 Å². The van der Waals surface area contributed by atoms with Crippen LogP contribution in [0.4, 0.5) is 26.3 Å². The third kappa shape index (κ3) is 3.74. The van der Waals surface area contributed by atoms with E-state index in [1.165, 1.54) is 5.73 Å². The van der Waals surface area contributed by atoms with Gasteiger partial charge in [0.15, 0.2) is 5.57 Å². The molecule has 1 rings (SSSR count). The Morgan fingerprint density at radius 2 is 1.68 bits per heavy atom. The third-order valence-electron chi connectivity index (χ3n) is 2.65. The molecule has 3 N–H and O–H groups in total. The molecule has 0 saturated heterocycles. The normalized spacial score (nSPS) is 24.3. The molecule has 1 fully saturated rings. The number of rotatable bonds is 1. The summed E-state index contributed by atoms with van der Waals surface area (Å²) in [4.78, 5) is 10.6. The van der Waals surface area contributed by atoms with E-state index in [1.54, 1.807) is 0 Å². The SMILES string of the molecule is NC1CC(C(=O)O)CC1=C=C(C(F)(F)F)C(F)(F)F. The smallest absolute Gasteiger partial charge is 0.428 e. The first kappa shape index (κ1) is 15.6. The highest BCUT2D eigenvalue weighted by Crippen LogP contribution is 2.39. The Hall–Kier alpha value is -1.47. The lowest BCUT2D eigenvalue weighted by atomic mass is 10.1. The van der Waals surface area contributed by atoms with Crippen LogP contribution >= 0.6 is 0 Å². The highest BCUT2D eigenvalue weighted by atomic mass is 19.4. The zero-order valence-corrected chi connectivity index (χ0v) is 9.27. The molecule has 0 spiro atoms. The monoisotopic (exact) mass is 289 g/mol. The molecular formula is C10H9F6NO2. The minimum absolute atomic E-state index is 0.208. The van der Waals surface area contributed by atoms with Crippen molar-refractivity contribution in [1.29, 1.82) is 0 Å². The first-order chi connectivity index (χ1) is 8.43. The molecule has 3 nitrogen and oxygen atoms in total. The second-order valence-electron chi connectivity index (χ2n) is 4.10. The van der Waals surface area contributed by atoms with Crippen LogP contribution in [0.5, 0.6) is 0 Å². The summed E-state index contributed by atoms with van der Waals surface area (Å²) in [6.45, 7) is 0. The zero-order valence-electron chi connectivity index (χ0n) is 9.27. The molecule has 0 bridgehead atoms. The van der Waals surface area contributed by atoms with E-state index in [0.717, 1.165) is 0 Å². The molecule has 1 saturated carbocycles. The predicted molar refractivity (Wildman–Crippen MR) is 51.0 cm³/mol. The van der Waals surface area contributed by atoms with Crippen LogP contribution in [0.3, 0.4) is 0 Å². The van der Waals surface area contributed by atoms with Crippen LogP contribution in [0.2, 0.25) is 0 Å². The van der Waals surface area contributed by atoms with Gasteiger partial charge in [-0.2, -0.15) is 26.3 Å². The second kappa shape index (κ2) is 4.90. The Morgan fingerprint density at radius 3 is 2.00 bits per heavy atom. The van der Waals surface area contributed by atoms with Crippen LogP contribution in [0, 0.1) is 5.92 Å². The number of hydrogen-bond acceptors (Lipinski definition) is 2. The van der Waals surface area contributed by atoms with Crippen LogP contribution in [0.1, 0.15) is 12.8 Å². The molecule has 0 radical (unpaired) electrons. The summed E-state index contributed by atoms with van der Waals surface area (Å²) >= 11 is 0. The topological polar surface area (TPSA) is 63.3 Å². The molecular weight excluding hydrogens is 280 g/mol. The maximum atomic E-state index is 12.3. The Bertz CT molecular complexity index is 428. The average Bonchev–Trinajstić information content (AvgIpc) is 2.53. The molecule has 2 atom stereocenters. The van der Waals surface area contributed by atoms with Gasteiger partial charge < -0.3 is 10.8 Å². The van der Waals surface area contributed by atoms with E-state index in [9.17, 15) is 31.1 Å². The second-order valence-corrected chi connectivity index (χ2v) is 4.10. The van der Waals surface area contributed by atoms with E-state index < -0.39 is 47.8 Å². The van der Waals surface area contributed by atoms with Crippen molar-refractivity contribution in [1.82, 2.24) is 0 Å². The average molecular weight is 289 g/mol. The number of carbonyl (C=O) groups is 1. The van der Waals surface area contributed by atoms with E-state index in [4.69, 9.17) is 10.8 Å². The molecule has 1 aliphatic carbocycles. The first-order valence-corrected chi connectivity index (χ1v) is 5.05. The number of aliphatic carboxylic acids is 1. The van der Waals surface area contributed by atoms with Gasteiger partial charge >= 0.3 is 18.3 Å². The lowest BCUT2D eigenvalue weighted by Crippen LogP contribution is -2.26. The first-order valence-electron chi connectivity index (χ1n) is 5.05. The van der Waals surface area contributed by atoms with Crippen molar-refractivity contribution in [3.05, 3.63) is 16.9 Å². The standard InChI is InChI=1S/C10H9F6NO2/c11-9(12,13)7(10(14,15)16)3-4-1-5(8(18)19)2-6(4)17/h5-6H,1-2,17H2,(H,18,19). The van der Waals surface area contributed by atoms with E-state index >= 15 is 0 Å². The summed E-state index contributed by atoms with van der Waals surface area (Å²) in [5.74, 6) is -2.40. The largest absolute Gasteiger partial charge is 0.481 e. The number of carboxylic acid groups (broad SMARTS) is 1. The van der Waals surface area contributed by atoms with Crippen LogP contribution in [0.25, 0.3) is 0 Å². The molecule has 0 aromatic carbocycles. The van der Waals surface area contributed by atoms with Crippen LogP contribution in [-0.4, -0.2) is 29.5 Å². The molecule has 0 heterocycles. The quantitative estimate of drug-likeness (QED) is 0.575. The van der Waals surface area contributed by atoms with Crippen molar-refractivity contribution in [3.63, 3.8) is 0 Å². The minimum Gasteiger partial charge on any atom is -0.481 e. The van der Waals surface area contributed by atoms with Gasteiger partial charge in [-0.3, -0.25) is 4.79 Å². The van der Waals surface area contributed by atoms with Gasteiger partial charge in [-0.05, 0) is 18.4 Å². The van der Waals surface area contributed by atoms with E-state index in [2.05, 4.69) is 0 Å². The van der Waals surface area contributed by atoms with Crippen molar-refractivity contribution in [2.24, 2.45) is 11.7 Å². The summed E-state index contributed by atoms with van der Waals surface area (Å²) in [7, 11) is 0. The fourth-order valence-corrected chi connectivity index (χ4v) is 1.74. The van der Waals surface area contributed by atoms with Crippen LogP contribution < -0.4 is 5.73 Å².